The fourth-order valence-corrected chi connectivity index (χ4v) is 3.81. The van der Waals surface area contributed by atoms with E-state index in [4.69, 9.17) is 0 Å². The molecule has 0 aliphatic heterocycles. The van der Waals surface area contributed by atoms with Crippen LogP contribution in [0.25, 0.3) is 21.3 Å². The number of carboxylic acids is 1. The van der Waals surface area contributed by atoms with Gasteiger partial charge in [0.1, 0.15) is 22.5 Å². The minimum atomic E-state index is -0.866. The van der Waals surface area contributed by atoms with Gasteiger partial charge < -0.3 is 10.4 Å². The summed E-state index contributed by atoms with van der Waals surface area (Å²) in [7, 11) is 0. The van der Waals surface area contributed by atoms with Crippen molar-refractivity contribution in [3.05, 3.63) is 41.5 Å². The normalized spacial score (nSPS) is 13.6. The molecule has 2 aromatic heterocycles. The van der Waals surface area contributed by atoms with Gasteiger partial charge in [-0.2, -0.15) is 0 Å². The second-order valence-electron chi connectivity index (χ2n) is 6.16. The van der Waals surface area contributed by atoms with Crippen LogP contribution in [0.5, 0.6) is 0 Å². The molecule has 0 saturated carbocycles. The van der Waals surface area contributed by atoms with E-state index >= 15 is 0 Å². The van der Waals surface area contributed by atoms with Crippen molar-refractivity contribution >= 4 is 33.3 Å². The van der Waals surface area contributed by atoms with E-state index in [1.54, 1.807) is 11.3 Å². The zero-order valence-corrected chi connectivity index (χ0v) is 15.3. The number of aliphatic carboxylic acids is 1. The van der Waals surface area contributed by atoms with Crippen molar-refractivity contribution in [3.63, 3.8) is 0 Å². The number of thiophene rings is 1. The molecule has 25 heavy (non-hydrogen) atoms. The Morgan fingerprint density at radius 3 is 2.64 bits per heavy atom. The van der Waals surface area contributed by atoms with Crippen molar-refractivity contribution in [2.24, 2.45) is 5.92 Å². The van der Waals surface area contributed by atoms with E-state index in [0.29, 0.717) is 11.6 Å². The van der Waals surface area contributed by atoms with Gasteiger partial charge in [0.25, 0.3) is 0 Å². The molecule has 3 rings (SSSR count). The molecule has 0 aliphatic rings. The monoisotopic (exact) mass is 355 g/mol. The van der Waals surface area contributed by atoms with Gasteiger partial charge in [-0.1, -0.05) is 50.6 Å². The van der Waals surface area contributed by atoms with Crippen molar-refractivity contribution in [3.8, 4) is 11.1 Å². The molecule has 2 atom stereocenters. The number of nitrogens with zero attached hydrogens (tertiary/aromatic N) is 2. The highest BCUT2D eigenvalue weighted by Crippen LogP contribution is 2.37. The Morgan fingerprint density at radius 2 is 2.00 bits per heavy atom. The Bertz CT molecular complexity index is 892. The zero-order valence-electron chi connectivity index (χ0n) is 14.5. The molecule has 130 valence electrons. The van der Waals surface area contributed by atoms with Crippen molar-refractivity contribution < 1.29 is 9.90 Å². The van der Waals surface area contributed by atoms with Gasteiger partial charge in [0.2, 0.25) is 0 Å². The fourth-order valence-electron chi connectivity index (χ4n) is 2.81. The largest absolute Gasteiger partial charge is 0.480 e. The van der Waals surface area contributed by atoms with Gasteiger partial charge in [0.15, 0.2) is 0 Å². The van der Waals surface area contributed by atoms with Crippen molar-refractivity contribution in [1.29, 1.82) is 0 Å². The van der Waals surface area contributed by atoms with Crippen LogP contribution in [0.4, 0.5) is 5.82 Å². The van der Waals surface area contributed by atoms with Crippen LogP contribution in [0, 0.1) is 12.8 Å². The van der Waals surface area contributed by atoms with Crippen LogP contribution in [-0.2, 0) is 4.79 Å². The minimum absolute atomic E-state index is 0.0124. The molecule has 5 nitrogen and oxygen atoms in total. The van der Waals surface area contributed by atoms with E-state index in [0.717, 1.165) is 27.8 Å². The third-order valence-electron chi connectivity index (χ3n) is 4.40. The number of anilines is 1. The highest BCUT2D eigenvalue weighted by molar-refractivity contribution is 7.17. The standard InChI is InChI=1S/C19H21N3O2S/c1-4-11(2)16(19(23)24)22-17-15-14(13-8-6-5-7-9-13)10-25-18(15)21-12(3)20-17/h5-11,16H,4H2,1-3H3,(H,23,24)(H,20,21,22). The van der Waals surface area contributed by atoms with E-state index in [2.05, 4.69) is 20.7 Å². The highest BCUT2D eigenvalue weighted by atomic mass is 32.1. The second kappa shape index (κ2) is 7.19. The number of nitrogens with one attached hydrogen (secondary N) is 1. The number of carboxylic acid groups (broad SMARTS) is 1. The summed E-state index contributed by atoms with van der Waals surface area (Å²) in [6.45, 7) is 5.75. The number of benzene rings is 1. The molecule has 0 saturated heterocycles. The Hall–Kier alpha value is -2.47. The lowest BCUT2D eigenvalue weighted by Crippen LogP contribution is -2.35. The number of fused-ring (bicyclic) bond motifs is 1. The van der Waals surface area contributed by atoms with Crippen LogP contribution in [0.1, 0.15) is 26.1 Å². The molecule has 2 unspecified atom stereocenters. The average Bonchev–Trinajstić information content (AvgIpc) is 3.03. The molecular weight excluding hydrogens is 334 g/mol. The minimum Gasteiger partial charge on any atom is -0.480 e. The van der Waals surface area contributed by atoms with Crippen molar-refractivity contribution in [1.82, 2.24) is 9.97 Å². The Morgan fingerprint density at radius 1 is 1.28 bits per heavy atom. The van der Waals surface area contributed by atoms with Crippen LogP contribution in [-0.4, -0.2) is 27.1 Å². The molecule has 0 fully saturated rings. The molecule has 0 spiro atoms. The number of hydrogen-bond acceptors (Lipinski definition) is 5. The lowest BCUT2D eigenvalue weighted by molar-refractivity contribution is -0.139. The molecule has 0 bridgehead atoms. The quantitative estimate of drug-likeness (QED) is 0.677. The number of carbonyl (C=O) groups is 1. The summed E-state index contributed by atoms with van der Waals surface area (Å²) in [5.74, 6) is 0.344. The van der Waals surface area contributed by atoms with Gasteiger partial charge >= 0.3 is 5.97 Å². The topological polar surface area (TPSA) is 75.1 Å². The van der Waals surface area contributed by atoms with Gasteiger partial charge in [0.05, 0.1) is 5.39 Å². The van der Waals surface area contributed by atoms with Crippen molar-refractivity contribution in [2.45, 2.75) is 33.2 Å². The van der Waals surface area contributed by atoms with E-state index in [1.165, 1.54) is 0 Å². The highest BCUT2D eigenvalue weighted by Gasteiger charge is 2.25. The van der Waals surface area contributed by atoms with Gasteiger partial charge in [0, 0.05) is 10.9 Å². The average molecular weight is 355 g/mol. The molecule has 0 amide bonds. The van der Waals surface area contributed by atoms with Gasteiger partial charge in [-0.15, -0.1) is 11.3 Å². The van der Waals surface area contributed by atoms with E-state index in [9.17, 15) is 9.90 Å². The fraction of sp³-hybridized carbons (Fsp3) is 0.316. The molecule has 0 aliphatic carbocycles. The summed E-state index contributed by atoms with van der Waals surface area (Å²) in [5, 5.41) is 15.7. The third-order valence-corrected chi connectivity index (χ3v) is 5.27. The van der Waals surface area contributed by atoms with Gasteiger partial charge in [-0.25, -0.2) is 14.8 Å². The Labute approximate surface area is 150 Å². The summed E-state index contributed by atoms with van der Waals surface area (Å²) in [4.78, 5) is 21.6. The first-order chi connectivity index (χ1) is 12.0. The first kappa shape index (κ1) is 17.4. The maximum Gasteiger partial charge on any atom is 0.326 e. The van der Waals surface area contributed by atoms with Gasteiger partial charge in [-0.05, 0) is 18.4 Å². The summed E-state index contributed by atoms with van der Waals surface area (Å²) < 4.78 is 0. The lowest BCUT2D eigenvalue weighted by Gasteiger charge is -2.21. The maximum absolute atomic E-state index is 11.7. The number of hydrogen-bond donors (Lipinski definition) is 2. The van der Waals surface area contributed by atoms with E-state index < -0.39 is 12.0 Å². The summed E-state index contributed by atoms with van der Waals surface area (Å²) >= 11 is 1.55. The van der Waals surface area contributed by atoms with E-state index in [1.807, 2.05) is 51.1 Å². The predicted octanol–water partition coefficient (Wildman–Crippen LogP) is 4.58. The molecule has 2 N–H and O–H groups in total. The summed E-state index contributed by atoms with van der Waals surface area (Å²) in [6, 6.07) is 9.33. The second-order valence-corrected chi connectivity index (χ2v) is 7.02. The smallest absolute Gasteiger partial charge is 0.326 e. The number of aromatic nitrogens is 2. The molecule has 1 aromatic carbocycles. The first-order valence-electron chi connectivity index (χ1n) is 8.31. The molecule has 0 radical (unpaired) electrons. The summed E-state index contributed by atoms with van der Waals surface area (Å²) in [6.07, 6.45) is 0.770. The van der Waals surface area contributed by atoms with Crippen LogP contribution in [0.2, 0.25) is 0 Å². The molecule has 2 heterocycles. The summed E-state index contributed by atoms with van der Waals surface area (Å²) in [5.41, 5.74) is 2.09. The van der Waals surface area contributed by atoms with Crippen LogP contribution in [0.3, 0.4) is 0 Å². The number of aryl methyl sites for hydroxylation is 1. The molecule has 3 aromatic rings. The van der Waals surface area contributed by atoms with Crippen LogP contribution < -0.4 is 5.32 Å². The van der Waals surface area contributed by atoms with E-state index in [-0.39, 0.29) is 5.92 Å². The first-order valence-corrected chi connectivity index (χ1v) is 9.19. The maximum atomic E-state index is 11.7. The third kappa shape index (κ3) is 3.49. The number of rotatable bonds is 6. The Kier molecular flexibility index (Phi) is 4.99. The van der Waals surface area contributed by atoms with Crippen LogP contribution >= 0.6 is 11.3 Å². The zero-order chi connectivity index (χ0) is 18.0. The van der Waals surface area contributed by atoms with Gasteiger partial charge in [-0.3, -0.25) is 0 Å². The van der Waals surface area contributed by atoms with Crippen molar-refractivity contribution in [2.75, 3.05) is 5.32 Å². The Balaban J connectivity index is 2.14. The van der Waals surface area contributed by atoms with Crippen LogP contribution in [0.15, 0.2) is 35.7 Å². The molecule has 6 heteroatoms. The molecular formula is C19H21N3O2S. The lowest BCUT2D eigenvalue weighted by atomic mass is 9.99. The SMILES string of the molecule is CCC(C)C(Nc1nc(C)nc2scc(-c3ccccc3)c12)C(=O)O. The predicted molar refractivity (Wildman–Crippen MR) is 102 cm³/mol.